The van der Waals surface area contributed by atoms with Crippen molar-refractivity contribution in [1.82, 2.24) is 5.32 Å². The van der Waals surface area contributed by atoms with Gasteiger partial charge in [0.2, 0.25) is 0 Å². The minimum absolute atomic E-state index is 0.145. The van der Waals surface area contributed by atoms with Crippen molar-refractivity contribution in [2.24, 2.45) is 5.73 Å². The lowest BCUT2D eigenvalue weighted by atomic mass is 9.85. The molecular weight excluding hydrogens is 191 g/mol. The molecule has 3 N–H and O–H groups in total. The van der Waals surface area contributed by atoms with Crippen molar-refractivity contribution < 1.29 is 4.39 Å². The van der Waals surface area contributed by atoms with Crippen LogP contribution in [0.15, 0.2) is 18.2 Å². The molecule has 13 heavy (non-hydrogen) atoms. The molecule has 70 valence electrons. The second kappa shape index (κ2) is 2.94. The number of hydrogen-bond acceptors (Lipinski definition) is 2. The van der Waals surface area contributed by atoms with E-state index >= 15 is 0 Å². The lowest BCUT2D eigenvalue weighted by Crippen LogP contribution is -2.62. The molecule has 0 spiro atoms. The molecule has 1 aliphatic heterocycles. The van der Waals surface area contributed by atoms with Crippen LogP contribution >= 0.6 is 11.6 Å². The molecule has 0 saturated carbocycles. The third kappa shape index (κ3) is 1.33. The van der Waals surface area contributed by atoms with Crippen LogP contribution in [0.2, 0.25) is 5.02 Å². The highest BCUT2D eigenvalue weighted by Gasteiger charge is 2.36. The Bertz CT molecular complexity index is 336. The molecule has 0 bridgehead atoms. The molecule has 4 heteroatoms. The van der Waals surface area contributed by atoms with Crippen LogP contribution in [-0.4, -0.2) is 13.1 Å². The van der Waals surface area contributed by atoms with E-state index in [1.165, 1.54) is 6.07 Å². The third-order valence-electron chi connectivity index (χ3n) is 2.37. The number of rotatable bonds is 1. The topological polar surface area (TPSA) is 38.0 Å². The van der Waals surface area contributed by atoms with E-state index < -0.39 is 11.4 Å². The van der Waals surface area contributed by atoms with E-state index in [1.807, 2.05) is 0 Å². The molecule has 1 heterocycles. The predicted octanol–water partition coefficient (Wildman–Crippen LogP) is 1.24. The quantitative estimate of drug-likeness (QED) is 0.716. The van der Waals surface area contributed by atoms with Gasteiger partial charge >= 0.3 is 0 Å². The zero-order chi connectivity index (χ0) is 9.47. The number of nitrogens with one attached hydrogen (secondary N) is 1. The van der Waals surface area contributed by atoms with Crippen LogP contribution in [0.4, 0.5) is 4.39 Å². The van der Waals surface area contributed by atoms with Gasteiger partial charge in [-0.15, -0.1) is 0 Å². The molecule has 2 rings (SSSR count). The summed E-state index contributed by atoms with van der Waals surface area (Å²) in [5, 5.41) is 3.19. The minimum atomic E-state index is -0.487. The fraction of sp³-hybridized carbons (Fsp3) is 0.333. The second-order valence-corrected chi connectivity index (χ2v) is 3.74. The highest BCUT2D eigenvalue weighted by Crippen LogP contribution is 2.30. The Balaban J connectivity index is 2.45. The molecular formula is C9H10ClFN2. The van der Waals surface area contributed by atoms with Crippen molar-refractivity contribution in [1.29, 1.82) is 0 Å². The third-order valence-corrected chi connectivity index (χ3v) is 2.75. The number of benzene rings is 1. The minimum Gasteiger partial charge on any atom is -0.319 e. The van der Waals surface area contributed by atoms with Crippen molar-refractivity contribution >= 4 is 11.6 Å². The molecule has 1 aliphatic rings. The van der Waals surface area contributed by atoms with Gasteiger partial charge in [-0.3, -0.25) is 0 Å². The Morgan fingerprint density at radius 1 is 1.46 bits per heavy atom. The van der Waals surface area contributed by atoms with E-state index in [-0.39, 0.29) is 5.02 Å². The van der Waals surface area contributed by atoms with E-state index in [1.54, 1.807) is 12.1 Å². The lowest BCUT2D eigenvalue weighted by molar-refractivity contribution is 0.286. The SMILES string of the molecule is NC1(c2cccc(F)c2Cl)CNC1. The van der Waals surface area contributed by atoms with E-state index in [4.69, 9.17) is 17.3 Å². The Labute approximate surface area is 80.9 Å². The zero-order valence-corrected chi connectivity index (χ0v) is 7.74. The molecule has 0 amide bonds. The second-order valence-electron chi connectivity index (χ2n) is 3.36. The first-order valence-electron chi connectivity index (χ1n) is 4.07. The van der Waals surface area contributed by atoms with Gasteiger partial charge < -0.3 is 11.1 Å². The van der Waals surface area contributed by atoms with Crippen LogP contribution in [0.3, 0.4) is 0 Å². The zero-order valence-electron chi connectivity index (χ0n) is 6.98. The van der Waals surface area contributed by atoms with Gasteiger partial charge in [0.05, 0.1) is 10.6 Å². The average molecular weight is 201 g/mol. The van der Waals surface area contributed by atoms with Crippen LogP contribution in [0, 0.1) is 5.82 Å². The van der Waals surface area contributed by atoms with E-state index in [0.29, 0.717) is 18.7 Å². The Morgan fingerprint density at radius 3 is 2.69 bits per heavy atom. The Morgan fingerprint density at radius 2 is 2.15 bits per heavy atom. The fourth-order valence-corrected chi connectivity index (χ4v) is 1.79. The number of hydrogen-bond donors (Lipinski definition) is 2. The molecule has 2 nitrogen and oxygen atoms in total. The molecule has 1 aromatic rings. The fourth-order valence-electron chi connectivity index (χ4n) is 1.47. The summed E-state index contributed by atoms with van der Waals surface area (Å²) in [7, 11) is 0. The molecule has 0 atom stereocenters. The van der Waals surface area contributed by atoms with Gasteiger partial charge in [0.1, 0.15) is 5.82 Å². The van der Waals surface area contributed by atoms with E-state index in [0.717, 1.165) is 0 Å². The van der Waals surface area contributed by atoms with Crippen LogP contribution in [0.1, 0.15) is 5.56 Å². The van der Waals surface area contributed by atoms with Crippen molar-refractivity contribution in [3.63, 3.8) is 0 Å². The summed E-state index contributed by atoms with van der Waals surface area (Å²) in [5.41, 5.74) is 6.18. The largest absolute Gasteiger partial charge is 0.319 e. The summed E-state index contributed by atoms with van der Waals surface area (Å²) in [4.78, 5) is 0. The molecule has 0 unspecified atom stereocenters. The molecule has 0 radical (unpaired) electrons. The van der Waals surface area contributed by atoms with E-state index in [2.05, 4.69) is 5.32 Å². The predicted molar refractivity (Wildman–Crippen MR) is 50.1 cm³/mol. The standard InChI is InChI=1S/C9H10ClFN2/c10-8-6(2-1-3-7(8)11)9(12)4-13-5-9/h1-3,13H,4-5,12H2. The lowest BCUT2D eigenvalue weighted by Gasteiger charge is -2.40. The van der Waals surface area contributed by atoms with Crippen LogP contribution < -0.4 is 11.1 Å². The molecule has 1 fully saturated rings. The van der Waals surface area contributed by atoms with Gasteiger partial charge in [0, 0.05) is 13.1 Å². The average Bonchev–Trinajstić information content (AvgIpc) is 2.06. The number of nitrogens with two attached hydrogens (primary N) is 1. The molecule has 0 aliphatic carbocycles. The number of halogens is 2. The summed E-state index contributed by atoms with van der Waals surface area (Å²) < 4.78 is 13.1. The van der Waals surface area contributed by atoms with Gasteiger partial charge in [0.25, 0.3) is 0 Å². The first kappa shape index (κ1) is 8.94. The van der Waals surface area contributed by atoms with Crippen LogP contribution in [0.5, 0.6) is 0 Å². The molecule has 1 aromatic carbocycles. The van der Waals surface area contributed by atoms with Gasteiger partial charge in [0.15, 0.2) is 0 Å². The monoisotopic (exact) mass is 200 g/mol. The highest BCUT2D eigenvalue weighted by molar-refractivity contribution is 6.31. The first-order chi connectivity index (χ1) is 6.13. The normalized spacial score (nSPS) is 19.6. The van der Waals surface area contributed by atoms with Crippen molar-refractivity contribution in [3.05, 3.63) is 34.6 Å². The maximum Gasteiger partial charge on any atom is 0.142 e. The van der Waals surface area contributed by atoms with Crippen molar-refractivity contribution in [2.75, 3.05) is 13.1 Å². The van der Waals surface area contributed by atoms with Crippen LogP contribution in [-0.2, 0) is 5.54 Å². The highest BCUT2D eigenvalue weighted by atomic mass is 35.5. The summed E-state index contributed by atoms with van der Waals surface area (Å²) in [6.45, 7) is 1.30. The van der Waals surface area contributed by atoms with E-state index in [9.17, 15) is 4.39 Å². The summed E-state index contributed by atoms with van der Waals surface area (Å²) in [6.07, 6.45) is 0. The first-order valence-corrected chi connectivity index (χ1v) is 4.45. The Kier molecular flexibility index (Phi) is 2.02. The van der Waals surface area contributed by atoms with Gasteiger partial charge in [-0.2, -0.15) is 0 Å². The molecule has 1 saturated heterocycles. The van der Waals surface area contributed by atoms with Crippen LogP contribution in [0.25, 0.3) is 0 Å². The van der Waals surface area contributed by atoms with Crippen molar-refractivity contribution in [3.8, 4) is 0 Å². The summed E-state index contributed by atoms with van der Waals surface area (Å²) in [5.74, 6) is -0.407. The summed E-state index contributed by atoms with van der Waals surface area (Å²) >= 11 is 5.81. The maximum atomic E-state index is 13.1. The van der Waals surface area contributed by atoms with Gasteiger partial charge in [-0.05, 0) is 11.6 Å². The Hall–Kier alpha value is -0.640. The van der Waals surface area contributed by atoms with Gasteiger partial charge in [-0.1, -0.05) is 23.7 Å². The smallest absolute Gasteiger partial charge is 0.142 e. The van der Waals surface area contributed by atoms with Gasteiger partial charge in [-0.25, -0.2) is 4.39 Å². The van der Waals surface area contributed by atoms with Crippen molar-refractivity contribution in [2.45, 2.75) is 5.54 Å². The molecule has 0 aromatic heterocycles. The summed E-state index contributed by atoms with van der Waals surface area (Å²) in [6, 6.07) is 4.73. The maximum absolute atomic E-state index is 13.1.